The lowest BCUT2D eigenvalue weighted by atomic mass is 9.89. The third-order valence-corrected chi connectivity index (χ3v) is 4.02. The lowest BCUT2D eigenvalue weighted by Crippen LogP contribution is -2.22. The van der Waals surface area contributed by atoms with E-state index in [-0.39, 0.29) is 6.10 Å². The van der Waals surface area contributed by atoms with Crippen LogP contribution >= 0.6 is 0 Å². The standard InChI is InChI=1S/C17H23NO/c1-13(11-18-15-9-10-15)12-19-17-8-4-6-14-5-2-3-7-16(14)17/h2-3,5,7,15,17-18H,1,4,6,8-12H2. The highest BCUT2D eigenvalue weighted by Gasteiger charge is 2.22. The van der Waals surface area contributed by atoms with Gasteiger partial charge in [0.15, 0.2) is 0 Å². The van der Waals surface area contributed by atoms with Crippen molar-refractivity contribution in [2.75, 3.05) is 13.2 Å². The Hall–Kier alpha value is -1.12. The molecule has 1 aromatic rings. The van der Waals surface area contributed by atoms with Crippen LogP contribution in [0.25, 0.3) is 0 Å². The third kappa shape index (κ3) is 3.46. The highest BCUT2D eigenvalue weighted by atomic mass is 16.5. The van der Waals surface area contributed by atoms with Crippen molar-refractivity contribution < 1.29 is 4.74 Å². The van der Waals surface area contributed by atoms with Crippen LogP contribution in [-0.4, -0.2) is 19.2 Å². The van der Waals surface area contributed by atoms with Gasteiger partial charge in [-0.2, -0.15) is 0 Å². The summed E-state index contributed by atoms with van der Waals surface area (Å²) in [5, 5.41) is 3.48. The van der Waals surface area contributed by atoms with E-state index < -0.39 is 0 Å². The fraction of sp³-hybridized carbons (Fsp3) is 0.529. The Kier molecular flexibility index (Phi) is 4.00. The van der Waals surface area contributed by atoms with Crippen molar-refractivity contribution in [3.05, 3.63) is 47.5 Å². The molecule has 0 aromatic heterocycles. The predicted octanol–water partition coefficient (Wildman–Crippen LogP) is 3.39. The van der Waals surface area contributed by atoms with Gasteiger partial charge < -0.3 is 10.1 Å². The highest BCUT2D eigenvalue weighted by molar-refractivity contribution is 5.31. The number of hydrogen-bond acceptors (Lipinski definition) is 2. The molecule has 102 valence electrons. The van der Waals surface area contributed by atoms with E-state index in [9.17, 15) is 0 Å². The van der Waals surface area contributed by atoms with Crippen LogP contribution in [0.1, 0.15) is 42.9 Å². The first-order valence-corrected chi connectivity index (χ1v) is 7.42. The molecule has 2 aliphatic rings. The summed E-state index contributed by atoms with van der Waals surface area (Å²) in [6.45, 7) is 5.69. The Morgan fingerprint density at radius 2 is 2.11 bits per heavy atom. The maximum Gasteiger partial charge on any atom is 0.0832 e. The van der Waals surface area contributed by atoms with Crippen LogP contribution in [0.3, 0.4) is 0 Å². The van der Waals surface area contributed by atoms with Gasteiger partial charge in [0.05, 0.1) is 12.7 Å². The van der Waals surface area contributed by atoms with Gasteiger partial charge in [-0.1, -0.05) is 30.8 Å². The lowest BCUT2D eigenvalue weighted by Gasteiger charge is -2.26. The van der Waals surface area contributed by atoms with Crippen LogP contribution in [0.5, 0.6) is 0 Å². The van der Waals surface area contributed by atoms with Crippen molar-refractivity contribution in [1.82, 2.24) is 5.32 Å². The summed E-state index contributed by atoms with van der Waals surface area (Å²) in [6, 6.07) is 9.43. The van der Waals surface area contributed by atoms with E-state index >= 15 is 0 Å². The predicted molar refractivity (Wildman–Crippen MR) is 78.2 cm³/mol. The van der Waals surface area contributed by atoms with E-state index in [4.69, 9.17) is 4.74 Å². The SMILES string of the molecule is C=C(CNC1CC1)COC1CCCc2ccccc21. The van der Waals surface area contributed by atoms with Gasteiger partial charge in [-0.3, -0.25) is 0 Å². The number of aryl methyl sites for hydroxylation is 1. The molecule has 0 saturated heterocycles. The van der Waals surface area contributed by atoms with Crippen molar-refractivity contribution >= 4 is 0 Å². The Bertz CT molecular complexity index is 450. The summed E-state index contributed by atoms with van der Waals surface area (Å²) in [5.41, 5.74) is 4.01. The van der Waals surface area contributed by atoms with Crippen LogP contribution in [0.2, 0.25) is 0 Å². The monoisotopic (exact) mass is 257 g/mol. The van der Waals surface area contributed by atoms with Crippen LogP contribution in [0.15, 0.2) is 36.4 Å². The van der Waals surface area contributed by atoms with Crippen LogP contribution in [0.4, 0.5) is 0 Å². The number of nitrogens with one attached hydrogen (secondary N) is 1. The molecule has 1 atom stereocenters. The molecule has 0 heterocycles. The molecule has 1 fully saturated rings. The summed E-state index contributed by atoms with van der Waals surface area (Å²) < 4.78 is 6.08. The van der Waals surface area contributed by atoms with E-state index in [1.807, 2.05) is 0 Å². The van der Waals surface area contributed by atoms with Crippen molar-refractivity contribution in [3.8, 4) is 0 Å². The number of ether oxygens (including phenoxy) is 1. The second-order valence-electron chi connectivity index (χ2n) is 5.80. The molecule has 19 heavy (non-hydrogen) atoms. The third-order valence-electron chi connectivity index (χ3n) is 4.02. The van der Waals surface area contributed by atoms with Crippen molar-refractivity contribution in [2.24, 2.45) is 0 Å². The zero-order valence-corrected chi connectivity index (χ0v) is 11.5. The van der Waals surface area contributed by atoms with Gasteiger partial charge >= 0.3 is 0 Å². The highest BCUT2D eigenvalue weighted by Crippen LogP contribution is 2.32. The summed E-state index contributed by atoms with van der Waals surface area (Å²) in [6.07, 6.45) is 6.48. The van der Waals surface area contributed by atoms with Gasteiger partial charge in [0.1, 0.15) is 0 Å². The molecule has 1 unspecified atom stereocenters. The zero-order valence-electron chi connectivity index (χ0n) is 11.5. The van der Waals surface area contributed by atoms with Gasteiger partial charge in [-0.05, 0) is 48.8 Å². The van der Waals surface area contributed by atoms with Crippen LogP contribution in [0, 0.1) is 0 Å². The Morgan fingerprint density at radius 3 is 2.95 bits per heavy atom. The van der Waals surface area contributed by atoms with Crippen molar-refractivity contribution in [3.63, 3.8) is 0 Å². The van der Waals surface area contributed by atoms with E-state index in [1.54, 1.807) is 0 Å². The molecule has 1 saturated carbocycles. The largest absolute Gasteiger partial charge is 0.369 e. The van der Waals surface area contributed by atoms with Crippen LogP contribution in [-0.2, 0) is 11.2 Å². The Morgan fingerprint density at radius 1 is 1.26 bits per heavy atom. The lowest BCUT2D eigenvalue weighted by molar-refractivity contribution is 0.0558. The first-order chi connectivity index (χ1) is 9.33. The molecule has 0 aliphatic heterocycles. The van der Waals surface area contributed by atoms with Gasteiger partial charge in [0, 0.05) is 12.6 Å². The molecular weight excluding hydrogens is 234 g/mol. The average Bonchev–Trinajstić information content (AvgIpc) is 3.27. The van der Waals surface area contributed by atoms with E-state index in [0.29, 0.717) is 6.61 Å². The normalized spacial score (nSPS) is 22.0. The zero-order chi connectivity index (χ0) is 13.1. The molecule has 0 radical (unpaired) electrons. The van der Waals surface area contributed by atoms with E-state index in [0.717, 1.165) is 24.6 Å². The van der Waals surface area contributed by atoms with Crippen LogP contribution < -0.4 is 5.32 Å². The summed E-state index contributed by atoms with van der Waals surface area (Å²) in [5.74, 6) is 0. The summed E-state index contributed by atoms with van der Waals surface area (Å²) >= 11 is 0. The van der Waals surface area contributed by atoms with Crippen molar-refractivity contribution in [2.45, 2.75) is 44.2 Å². The number of rotatable bonds is 6. The summed E-state index contributed by atoms with van der Waals surface area (Å²) in [7, 11) is 0. The van der Waals surface area contributed by atoms with Crippen molar-refractivity contribution in [1.29, 1.82) is 0 Å². The van der Waals surface area contributed by atoms with Gasteiger partial charge in [-0.15, -0.1) is 0 Å². The molecule has 2 aliphatic carbocycles. The minimum Gasteiger partial charge on any atom is -0.369 e. The van der Waals surface area contributed by atoms with Gasteiger partial charge in [-0.25, -0.2) is 0 Å². The fourth-order valence-corrected chi connectivity index (χ4v) is 2.73. The second kappa shape index (κ2) is 5.89. The molecule has 0 bridgehead atoms. The second-order valence-corrected chi connectivity index (χ2v) is 5.80. The topological polar surface area (TPSA) is 21.3 Å². The minimum atomic E-state index is 0.266. The molecule has 1 N–H and O–H groups in total. The molecule has 0 spiro atoms. The average molecular weight is 257 g/mol. The number of fused-ring (bicyclic) bond motifs is 1. The molecule has 1 aromatic carbocycles. The first-order valence-electron chi connectivity index (χ1n) is 7.42. The summed E-state index contributed by atoms with van der Waals surface area (Å²) in [4.78, 5) is 0. The van der Waals surface area contributed by atoms with Gasteiger partial charge in [0.25, 0.3) is 0 Å². The van der Waals surface area contributed by atoms with E-state index in [1.165, 1.54) is 36.8 Å². The number of benzene rings is 1. The minimum absolute atomic E-state index is 0.266. The number of hydrogen-bond donors (Lipinski definition) is 1. The van der Waals surface area contributed by atoms with Gasteiger partial charge in [0.2, 0.25) is 0 Å². The molecule has 3 rings (SSSR count). The smallest absolute Gasteiger partial charge is 0.0832 e. The molecule has 2 heteroatoms. The van der Waals surface area contributed by atoms with E-state index in [2.05, 4.69) is 36.2 Å². The molecular formula is C17H23NO. The Labute approximate surface area is 115 Å². The first kappa shape index (κ1) is 12.9. The Balaban J connectivity index is 1.51. The molecule has 2 nitrogen and oxygen atoms in total. The molecule has 0 amide bonds. The maximum atomic E-state index is 6.08. The maximum absolute atomic E-state index is 6.08. The fourth-order valence-electron chi connectivity index (χ4n) is 2.73. The quantitative estimate of drug-likeness (QED) is 0.789.